The Bertz CT molecular complexity index is 3550. The molecule has 2 aromatic heterocycles. The van der Waals surface area contributed by atoms with Crippen molar-refractivity contribution in [2.45, 2.75) is 91.4 Å². The van der Waals surface area contributed by atoms with Gasteiger partial charge in [-0.05, 0) is 200 Å². The van der Waals surface area contributed by atoms with Crippen LogP contribution in [0.4, 0.5) is 11.4 Å². The van der Waals surface area contributed by atoms with Gasteiger partial charge in [-0.15, -0.1) is 0 Å². The van der Waals surface area contributed by atoms with Crippen LogP contribution in [0.25, 0.3) is 88.4 Å². The summed E-state index contributed by atoms with van der Waals surface area (Å²) in [6.45, 7) is 22.4. The zero-order chi connectivity index (χ0) is 48.5. The fraction of sp³-hybridized carbons (Fsp3) is 0.219. The lowest BCUT2D eigenvalue weighted by atomic mass is 9.83. The van der Waals surface area contributed by atoms with E-state index in [0.717, 1.165) is 34.4 Å². The molecule has 2 aliphatic rings. The van der Waals surface area contributed by atoms with Crippen LogP contribution in [-0.2, 0) is 0 Å². The Morgan fingerprint density at radius 3 is 0.871 bits per heavy atom. The van der Waals surface area contributed by atoms with Crippen LogP contribution in [-0.4, -0.2) is 43.0 Å². The van der Waals surface area contributed by atoms with E-state index in [1.165, 1.54) is 77.0 Å². The van der Waals surface area contributed by atoms with Crippen molar-refractivity contribution in [2.24, 2.45) is 9.98 Å². The molecule has 0 saturated carbocycles. The number of aromatic nitrogens is 2. The SMILES string of the molecule is CC1=NC(C)(C)C(C)(C)N1c1cccc(-c2ccc3c(c2)c2cc(-c4ccc5c(c4)c4cc(-c6cccc(N7C(C)=NC(C)(C)C7(C)C)c6)ccc4n5-c4ccccc4)ccc2n3-c2ccccc2)c1. The van der Waals surface area contributed by atoms with Gasteiger partial charge in [0.15, 0.2) is 0 Å². The molecule has 0 spiro atoms. The van der Waals surface area contributed by atoms with Crippen LogP contribution in [0, 0.1) is 0 Å². The Hall–Kier alpha value is -7.70. The van der Waals surface area contributed by atoms with E-state index in [2.05, 4.69) is 270 Å². The maximum atomic E-state index is 5.10. The van der Waals surface area contributed by atoms with E-state index in [4.69, 9.17) is 9.98 Å². The number of nitrogens with zero attached hydrogens (tertiary/aromatic N) is 6. The molecule has 0 amide bonds. The second-order valence-electron chi connectivity index (χ2n) is 21.6. The van der Waals surface area contributed by atoms with E-state index >= 15 is 0 Å². The van der Waals surface area contributed by atoms with E-state index in [-0.39, 0.29) is 22.2 Å². The number of anilines is 2. The predicted molar refractivity (Wildman–Crippen MR) is 299 cm³/mol. The van der Waals surface area contributed by atoms with Crippen molar-refractivity contribution in [3.05, 3.63) is 182 Å². The third-order valence-electron chi connectivity index (χ3n) is 16.4. The number of hydrogen-bond acceptors (Lipinski definition) is 4. The summed E-state index contributed by atoms with van der Waals surface area (Å²) in [5.74, 6) is 2.10. The van der Waals surface area contributed by atoms with Gasteiger partial charge >= 0.3 is 0 Å². The molecule has 0 bridgehead atoms. The molecule has 0 atom stereocenters. The van der Waals surface area contributed by atoms with Gasteiger partial charge in [0.05, 0.1) is 44.2 Å². The molecule has 0 radical (unpaired) electrons. The van der Waals surface area contributed by atoms with Gasteiger partial charge in [0.25, 0.3) is 0 Å². The number of hydrogen-bond donors (Lipinski definition) is 0. The zero-order valence-corrected chi connectivity index (χ0v) is 42.0. The molecule has 10 aromatic rings. The standard InChI is InChI=1S/C64H60N6/c1-41-65-61(3,4)63(7,8)69(41)51-25-17-19-43(35-51)45-27-31-57-53(37-45)55-39-47(29-33-59(55)67(57)49-21-13-11-14-22-49)48-30-34-60-56(40-48)54-38-46(28-32-58(54)68(60)50-23-15-12-16-24-50)44-20-18-26-52(36-44)70-42(2)66-62(5,6)64(70,9)10/h11-40H,1-10H3. The molecule has 70 heavy (non-hydrogen) atoms. The topological polar surface area (TPSA) is 41.1 Å². The molecule has 6 heteroatoms. The van der Waals surface area contributed by atoms with Crippen molar-refractivity contribution in [2.75, 3.05) is 9.80 Å². The van der Waals surface area contributed by atoms with Gasteiger partial charge in [0.2, 0.25) is 0 Å². The predicted octanol–water partition coefficient (Wildman–Crippen LogP) is 16.5. The Labute approximate surface area is 411 Å². The highest BCUT2D eigenvalue weighted by Crippen LogP contribution is 2.45. The highest BCUT2D eigenvalue weighted by atomic mass is 15.3. The van der Waals surface area contributed by atoms with Crippen molar-refractivity contribution >= 4 is 66.7 Å². The Balaban J connectivity index is 1.01. The molecule has 2 aliphatic heterocycles. The fourth-order valence-electron chi connectivity index (χ4n) is 11.7. The summed E-state index contributed by atoms with van der Waals surface area (Å²) in [4.78, 5) is 15.0. The van der Waals surface area contributed by atoms with E-state index in [1.807, 2.05) is 0 Å². The second-order valence-corrected chi connectivity index (χ2v) is 21.6. The van der Waals surface area contributed by atoms with Crippen LogP contribution in [0.15, 0.2) is 192 Å². The zero-order valence-electron chi connectivity index (χ0n) is 42.0. The van der Waals surface area contributed by atoms with Gasteiger partial charge in [-0.25, -0.2) is 0 Å². The van der Waals surface area contributed by atoms with E-state index in [1.54, 1.807) is 0 Å². The third kappa shape index (κ3) is 6.52. The maximum Gasteiger partial charge on any atom is 0.102 e. The van der Waals surface area contributed by atoms with Gasteiger partial charge < -0.3 is 18.9 Å². The molecule has 4 heterocycles. The third-order valence-corrected chi connectivity index (χ3v) is 16.4. The molecule has 0 saturated heterocycles. The highest BCUT2D eigenvalue weighted by Gasteiger charge is 2.49. The van der Waals surface area contributed by atoms with Crippen LogP contribution >= 0.6 is 0 Å². The Kier molecular flexibility index (Phi) is 9.59. The molecule has 0 aliphatic carbocycles. The molecule has 0 fully saturated rings. The normalized spacial score (nSPS) is 17.0. The lowest BCUT2D eigenvalue weighted by Crippen LogP contribution is -2.53. The largest absolute Gasteiger partial charge is 0.322 e. The molecule has 346 valence electrons. The van der Waals surface area contributed by atoms with Crippen molar-refractivity contribution in [1.29, 1.82) is 0 Å². The van der Waals surface area contributed by atoms with E-state index in [0.29, 0.717) is 0 Å². The summed E-state index contributed by atoms with van der Waals surface area (Å²) in [5.41, 5.74) is 15.7. The molecule has 0 unspecified atom stereocenters. The minimum Gasteiger partial charge on any atom is -0.322 e. The van der Waals surface area contributed by atoms with Crippen LogP contribution in [0.5, 0.6) is 0 Å². The molecule has 0 N–H and O–H groups in total. The number of amidine groups is 2. The summed E-state index contributed by atoms with van der Waals surface area (Å²) >= 11 is 0. The first-order valence-corrected chi connectivity index (χ1v) is 24.7. The molecule has 6 nitrogen and oxygen atoms in total. The minimum atomic E-state index is -0.208. The first kappa shape index (κ1) is 43.6. The lowest BCUT2D eigenvalue weighted by molar-refractivity contribution is 0.338. The van der Waals surface area contributed by atoms with E-state index < -0.39 is 0 Å². The Morgan fingerprint density at radius 2 is 0.586 bits per heavy atom. The Morgan fingerprint density at radius 1 is 0.300 bits per heavy atom. The summed E-state index contributed by atoms with van der Waals surface area (Å²) in [6, 6.07) is 67.5. The second kappa shape index (κ2) is 15.4. The van der Waals surface area contributed by atoms with Gasteiger partial charge in [-0.3, -0.25) is 9.98 Å². The number of benzene rings is 8. The molecule has 8 aromatic carbocycles. The number of para-hydroxylation sites is 2. The molecular formula is C64H60N6. The average molecular weight is 913 g/mol. The maximum absolute atomic E-state index is 5.10. The molecule has 12 rings (SSSR count). The van der Waals surface area contributed by atoms with Crippen LogP contribution in [0.3, 0.4) is 0 Å². The summed E-state index contributed by atoms with van der Waals surface area (Å²) in [7, 11) is 0. The van der Waals surface area contributed by atoms with Crippen molar-refractivity contribution in [3.63, 3.8) is 0 Å². The van der Waals surface area contributed by atoms with Gasteiger partial charge in [0, 0.05) is 44.3 Å². The van der Waals surface area contributed by atoms with Gasteiger partial charge in [-0.2, -0.15) is 0 Å². The van der Waals surface area contributed by atoms with Gasteiger partial charge in [0.1, 0.15) is 11.7 Å². The quantitative estimate of drug-likeness (QED) is 0.160. The van der Waals surface area contributed by atoms with E-state index in [9.17, 15) is 0 Å². The monoisotopic (exact) mass is 912 g/mol. The smallest absolute Gasteiger partial charge is 0.102 e. The van der Waals surface area contributed by atoms with Gasteiger partial charge in [-0.1, -0.05) is 84.9 Å². The summed E-state index contributed by atoms with van der Waals surface area (Å²) < 4.78 is 4.83. The first-order chi connectivity index (χ1) is 33.5. The number of fused-ring (bicyclic) bond motifs is 6. The van der Waals surface area contributed by atoms with Crippen molar-refractivity contribution in [1.82, 2.24) is 9.13 Å². The number of rotatable bonds is 7. The molecular weight excluding hydrogens is 853 g/mol. The fourth-order valence-corrected chi connectivity index (χ4v) is 11.7. The summed E-state index contributed by atoms with van der Waals surface area (Å²) in [5, 5.41) is 4.89. The first-order valence-electron chi connectivity index (χ1n) is 24.7. The van der Waals surface area contributed by atoms with Crippen LogP contribution in [0.1, 0.15) is 69.2 Å². The highest BCUT2D eigenvalue weighted by molar-refractivity contribution is 6.14. The number of aliphatic imine (C=N–C) groups is 2. The minimum absolute atomic E-state index is 0.176. The van der Waals surface area contributed by atoms with Crippen molar-refractivity contribution < 1.29 is 0 Å². The van der Waals surface area contributed by atoms with Crippen LogP contribution < -0.4 is 9.80 Å². The summed E-state index contributed by atoms with van der Waals surface area (Å²) in [6.07, 6.45) is 0. The van der Waals surface area contributed by atoms with Crippen molar-refractivity contribution in [3.8, 4) is 44.8 Å². The lowest BCUT2D eigenvalue weighted by Gasteiger charge is -2.41. The van der Waals surface area contributed by atoms with Crippen LogP contribution in [0.2, 0.25) is 0 Å². The average Bonchev–Trinajstić information content (AvgIpc) is 3.96.